The van der Waals surface area contributed by atoms with Gasteiger partial charge in [-0.2, -0.15) is 0 Å². The van der Waals surface area contributed by atoms with Crippen molar-refractivity contribution in [2.75, 3.05) is 16.6 Å². The number of sulfonamides is 1. The second-order valence-corrected chi connectivity index (χ2v) is 8.76. The van der Waals surface area contributed by atoms with Crippen LogP contribution in [0, 0.1) is 11.6 Å². The largest absolute Gasteiger partial charge is 0.483 e. The predicted octanol–water partition coefficient (Wildman–Crippen LogP) is 4.94. The molecule has 0 aliphatic rings. The van der Waals surface area contributed by atoms with E-state index in [2.05, 4.69) is 10.0 Å². The first-order valence-corrected chi connectivity index (χ1v) is 11.3. The van der Waals surface area contributed by atoms with E-state index in [9.17, 15) is 22.0 Å². The van der Waals surface area contributed by atoms with Crippen molar-refractivity contribution in [1.29, 1.82) is 0 Å². The van der Waals surface area contributed by atoms with Crippen LogP contribution in [0.1, 0.15) is 0 Å². The number of benzene rings is 4. The Morgan fingerprint density at radius 1 is 0.818 bits per heavy atom. The van der Waals surface area contributed by atoms with Crippen LogP contribution in [-0.2, 0) is 14.8 Å². The Hall–Kier alpha value is -3.98. The van der Waals surface area contributed by atoms with Crippen molar-refractivity contribution >= 4 is 38.1 Å². The van der Waals surface area contributed by atoms with E-state index in [-0.39, 0.29) is 12.3 Å². The van der Waals surface area contributed by atoms with Crippen LogP contribution >= 0.6 is 0 Å². The molecule has 0 aliphatic heterocycles. The third kappa shape index (κ3) is 5.27. The molecule has 9 heteroatoms. The number of ether oxygens (including phenoxy) is 1. The summed E-state index contributed by atoms with van der Waals surface area (Å²) >= 11 is 0. The molecule has 0 spiro atoms. The van der Waals surface area contributed by atoms with E-state index in [1.165, 1.54) is 24.3 Å². The molecule has 33 heavy (non-hydrogen) atoms. The molecule has 0 bridgehead atoms. The van der Waals surface area contributed by atoms with Crippen LogP contribution in [0.4, 0.5) is 20.2 Å². The minimum Gasteiger partial charge on any atom is -0.483 e. The molecule has 0 atom stereocenters. The number of hydrogen-bond acceptors (Lipinski definition) is 4. The van der Waals surface area contributed by atoms with Crippen LogP contribution in [0.2, 0.25) is 0 Å². The minimum atomic E-state index is -4.11. The summed E-state index contributed by atoms with van der Waals surface area (Å²) in [6, 6.07) is 21.4. The Bertz CT molecular complexity index is 1420. The quantitative estimate of drug-likeness (QED) is 0.403. The lowest BCUT2D eigenvalue weighted by atomic mass is 10.1. The van der Waals surface area contributed by atoms with Gasteiger partial charge in [0, 0.05) is 16.8 Å². The number of hydrogen-bond donors (Lipinski definition) is 2. The first-order valence-electron chi connectivity index (χ1n) is 9.80. The van der Waals surface area contributed by atoms with Gasteiger partial charge < -0.3 is 10.1 Å². The fraction of sp³-hybridized carbons (Fsp3) is 0.0417. The van der Waals surface area contributed by atoms with Crippen molar-refractivity contribution in [3.63, 3.8) is 0 Å². The molecule has 0 saturated heterocycles. The summed E-state index contributed by atoms with van der Waals surface area (Å²) in [5.74, 6) is -2.21. The lowest BCUT2D eigenvalue weighted by molar-refractivity contribution is -0.118. The van der Waals surface area contributed by atoms with E-state index in [0.717, 1.165) is 22.9 Å². The molecule has 0 radical (unpaired) electrons. The van der Waals surface area contributed by atoms with Crippen LogP contribution in [-0.4, -0.2) is 20.9 Å². The van der Waals surface area contributed by atoms with Gasteiger partial charge in [-0.3, -0.25) is 9.52 Å². The molecule has 4 aromatic carbocycles. The summed E-state index contributed by atoms with van der Waals surface area (Å²) in [6.07, 6.45) is 0. The van der Waals surface area contributed by atoms with Gasteiger partial charge in [0.2, 0.25) is 0 Å². The van der Waals surface area contributed by atoms with Gasteiger partial charge in [0.25, 0.3) is 15.9 Å². The third-order valence-corrected chi connectivity index (χ3v) is 6.11. The zero-order valence-corrected chi connectivity index (χ0v) is 17.9. The average molecular weight is 468 g/mol. The second kappa shape index (κ2) is 9.25. The van der Waals surface area contributed by atoms with Crippen molar-refractivity contribution in [2.45, 2.75) is 4.90 Å². The molecular weight excluding hydrogens is 450 g/mol. The topological polar surface area (TPSA) is 84.5 Å². The Kier molecular flexibility index (Phi) is 6.23. The van der Waals surface area contributed by atoms with Crippen LogP contribution < -0.4 is 14.8 Å². The molecular formula is C24H18F2N2O4S. The number of carbonyl (C=O) groups is 1. The van der Waals surface area contributed by atoms with E-state index in [1.807, 2.05) is 36.4 Å². The van der Waals surface area contributed by atoms with Gasteiger partial charge in [-0.1, -0.05) is 36.4 Å². The van der Waals surface area contributed by atoms with Crippen molar-refractivity contribution < 1.29 is 26.7 Å². The predicted molar refractivity (Wildman–Crippen MR) is 122 cm³/mol. The molecule has 4 aromatic rings. The van der Waals surface area contributed by atoms with Gasteiger partial charge in [0.15, 0.2) is 18.2 Å². The Labute approximate surface area is 188 Å². The van der Waals surface area contributed by atoms with E-state index < -0.39 is 32.5 Å². The Morgan fingerprint density at radius 2 is 1.52 bits per heavy atom. The van der Waals surface area contributed by atoms with Gasteiger partial charge in [0.1, 0.15) is 5.75 Å². The maximum absolute atomic E-state index is 13.4. The van der Waals surface area contributed by atoms with Crippen molar-refractivity contribution in [2.24, 2.45) is 0 Å². The summed E-state index contributed by atoms with van der Waals surface area (Å²) in [5, 5.41) is 4.55. The third-order valence-electron chi connectivity index (χ3n) is 4.73. The number of rotatable bonds is 7. The fourth-order valence-corrected chi connectivity index (χ4v) is 4.21. The van der Waals surface area contributed by atoms with E-state index in [1.54, 1.807) is 6.07 Å². The number of fused-ring (bicyclic) bond motifs is 1. The molecule has 0 fully saturated rings. The molecule has 2 N–H and O–H groups in total. The Morgan fingerprint density at radius 3 is 2.27 bits per heavy atom. The van der Waals surface area contributed by atoms with Gasteiger partial charge in [0.05, 0.1) is 4.90 Å². The molecule has 0 aromatic heterocycles. The molecule has 0 heterocycles. The standard InChI is InChI=1S/C24H18F2N2O4S/c25-21-13-12-19(14-22(21)26)33(30,31)28-18-10-8-17(9-11-18)27-24(29)15-32-23-7-3-5-16-4-1-2-6-20(16)23/h1-14,28H,15H2,(H,27,29). The molecule has 4 rings (SSSR count). The van der Waals surface area contributed by atoms with Crippen LogP contribution in [0.25, 0.3) is 10.8 Å². The fourth-order valence-electron chi connectivity index (χ4n) is 3.14. The summed E-state index contributed by atoms with van der Waals surface area (Å²) in [4.78, 5) is 11.9. The molecule has 0 aliphatic carbocycles. The molecule has 168 valence electrons. The smallest absolute Gasteiger partial charge is 0.262 e. The molecule has 0 unspecified atom stereocenters. The maximum atomic E-state index is 13.4. The number of nitrogens with one attached hydrogen (secondary N) is 2. The number of anilines is 2. The summed E-state index contributed by atoms with van der Waals surface area (Å²) < 4.78 is 59.0. The first kappa shape index (κ1) is 22.2. The molecule has 0 saturated carbocycles. The summed E-state index contributed by atoms with van der Waals surface area (Å²) in [7, 11) is -4.11. The molecule has 1 amide bonds. The van der Waals surface area contributed by atoms with Crippen molar-refractivity contribution in [3.8, 4) is 5.75 Å². The lowest BCUT2D eigenvalue weighted by Crippen LogP contribution is -2.20. The van der Waals surface area contributed by atoms with Gasteiger partial charge in [-0.15, -0.1) is 0 Å². The monoisotopic (exact) mass is 468 g/mol. The normalized spacial score (nSPS) is 11.2. The van der Waals surface area contributed by atoms with Crippen LogP contribution in [0.15, 0.2) is 89.8 Å². The highest BCUT2D eigenvalue weighted by Gasteiger charge is 2.17. The lowest BCUT2D eigenvalue weighted by Gasteiger charge is -2.11. The van der Waals surface area contributed by atoms with Gasteiger partial charge in [-0.05, 0) is 53.9 Å². The highest BCUT2D eigenvalue weighted by atomic mass is 32.2. The van der Waals surface area contributed by atoms with E-state index in [4.69, 9.17) is 4.74 Å². The number of carbonyl (C=O) groups excluding carboxylic acids is 1. The zero-order valence-electron chi connectivity index (χ0n) is 17.1. The van der Waals surface area contributed by atoms with Crippen LogP contribution in [0.3, 0.4) is 0 Å². The van der Waals surface area contributed by atoms with E-state index in [0.29, 0.717) is 17.5 Å². The zero-order chi connectivity index (χ0) is 23.4. The van der Waals surface area contributed by atoms with Gasteiger partial charge in [-0.25, -0.2) is 17.2 Å². The van der Waals surface area contributed by atoms with Crippen molar-refractivity contribution in [1.82, 2.24) is 0 Å². The maximum Gasteiger partial charge on any atom is 0.262 e. The second-order valence-electron chi connectivity index (χ2n) is 7.07. The average Bonchev–Trinajstić information content (AvgIpc) is 2.80. The highest BCUT2D eigenvalue weighted by Crippen LogP contribution is 2.25. The van der Waals surface area contributed by atoms with Gasteiger partial charge >= 0.3 is 0 Å². The summed E-state index contributed by atoms with van der Waals surface area (Å²) in [6.45, 7) is -0.210. The van der Waals surface area contributed by atoms with Crippen molar-refractivity contribution in [3.05, 3.63) is 96.6 Å². The highest BCUT2D eigenvalue weighted by molar-refractivity contribution is 7.92. The summed E-state index contributed by atoms with van der Waals surface area (Å²) in [5.41, 5.74) is 0.613. The SMILES string of the molecule is O=C(COc1cccc2ccccc12)Nc1ccc(NS(=O)(=O)c2ccc(F)c(F)c2)cc1. The number of halogens is 2. The Balaban J connectivity index is 1.37. The minimum absolute atomic E-state index is 0.185. The first-order chi connectivity index (χ1) is 15.8. The van der Waals surface area contributed by atoms with E-state index >= 15 is 0 Å². The van der Waals surface area contributed by atoms with Crippen LogP contribution in [0.5, 0.6) is 5.75 Å². The number of amides is 1. The molecule has 6 nitrogen and oxygen atoms in total.